The summed E-state index contributed by atoms with van der Waals surface area (Å²) in [6.45, 7) is 5.80. The summed E-state index contributed by atoms with van der Waals surface area (Å²) in [7, 11) is 0. The van der Waals surface area contributed by atoms with Crippen molar-refractivity contribution in [2.24, 2.45) is 5.92 Å². The number of rotatable bonds is 6. The van der Waals surface area contributed by atoms with Crippen molar-refractivity contribution in [3.05, 3.63) is 29.8 Å². The Labute approximate surface area is 123 Å². The van der Waals surface area contributed by atoms with Crippen LogP contribution in [-0.4, -0.2) is 12.6 Å². The molecular weight excluding hydrogens is 254 g/mol. The summed E-state index contributed by atoms with van der Waals surface area (Å²) in [5.74, 6) is 1.38. The maximum absolute atomic E-state index is 5.88. The first-order chi connectivity index (χ1) is 9.20. The van der Waals surface area contributed by atoms with Crippen LogP contribution in [-0.2, 0) is 5.88 Å². The van der Waals surface area contributed by atoms with Gasteiger partial charge in [0.1, 0.15) is 0 Å². The maximum atomic E-state index is 5.88. The van der Waals surface area contributed by atoms with Gasteiger partial charge < -0.3 is 4.90 Å². The van der Waals surface area contributed by atoms with E-state index in [9.17, 15) is 0 Å². The molecule has 0 aliphatic heterocycles. The van der Waals surface area contributed by atoms with Gasteiger partial charge >= 0.3 is 0 Å². The Balaban J connectivity index is 2.09. The lowest BCUT2D eigenvalue weighted by Gasteiger charge is -2.32. The van der Waals surface area contributed by atoms with Gasteiger partial charge in [-0.05, 0) is 42.9 Å². The van der Waals surface area contributed by atoms with Crippen LogP contribution in [0.15, 0.2) is 24.3 Å². The Morgan fingerprint density at radius 2 is 1.79 bits per heavy atom. The summed E-state index contributed by atoms with van der Waals surface area (Å²) in [4.78, 5) is 2.63. The molecule has 0 bridgehead atoms. The molecule has 106 valence electrons. The molecule has 1 aliphatic rings. The van der Waals surface area contributed by atoms with E-state index in [0.717, 1.165) is 12.0 Å². The summed E-state index contributed by atoms with van der Waals surface area (Å²) >= 11 is 5.88. The van der Waals surface area contributed by atoms with E-state index in [-0.39, 0.29) is 0 Å². The van der Waals surface area contributed by atoms with Gasteiger partial charge in [-0.25, -0.2) is 0 Å². The molecule has 0 unspecified atom stereocenters. The average molecular weight is 280 g/mol. The molecule has 0 radical (unpaired) electrons. The van der Waals surface area contributed by atoms with E-state index in [1.165, 1.54) is 49.9 Å². The lowest BCUT2D eigenvalue weighted by atomic mass is 10.1. The van der Waals surface area contributed by atoms with Crippen LogP contribution in [0.25, 0.3) is 0 Å². The van der Waals surface area contributed by atoms with Gasteiger partial charge in [0.05, 0.1) is 0 Å². The fourth-order valence-corrected chi connectivity index (χ4v) is 3.09. The fourth-order valence-electron chi connectivity index (χ4n) is 2.91. The van der Waals surface area contributed by atoms with E-state index in [2.05, 4.69) is 43.0 Å². The molecule has 0 atom stereocenters. The molecule has 0 heterocycles. The van der Waals surface area contributed by atoms with Crippen molar-refractivity contribution in [3.63, 3.8) is 0 Å². The molecule has 0 aromatic heterocycles. The van der Waals surface area contributed by atoms with Crippen molar-refractivity contribution < 1.29 is 0 Å². The highest BCUT2D eigenvalue weighted by Crippen LogP contribution is 2.29. The zero-order chi connectivity index (χ0) is 13.7. The minimum atomic E-state index is 0.607. The van der Waals surface area contributed by atoms with Gasteiger partial charge in [0.25, 0.3) is 0 Å². The van der Waals surface area contributed by atoms with Gasteiger partial charge in [-0.1, -0.05) is 38.8 Å². The number of alkyl halides is 1. The third kappa shape index (κ3) is 4.14. The minimum absolute atomic E-state index is 0.607. The SMILES string of the molecule is CC(C)CCN(c1ccc(CCl)cc1)C1CCCC1. The van der Waals surface area contributed by atoms with E-state index in [4.69, 9.17) is 11.6 Å². The van der Waals surface area contributed by atoms with Crippen LogP contribution in [0.3, 0.4) is 0 Å². The van der Waals surface area contributed by atoms with Gasteiger partial charge in [-0.2, -0.15) is 0 Å². The summed E-state index contributed by atoms with van der Waals surface area (Å²) in [5.41, 5.74) is 2.59. The van der Waals surface area contributed by atoms with Crippen LogP contribution in [0.1, 0.15) is 51.5 Å². The van der Waals surface area contributed by atoms with Gasteiger partial charge in [-0.3, -0.25) is 0 Å². The minimum Gasteiger partial charge on any atom is -0.369 e. The Kier molecular flexibility index (Phi) is 5.57. The number of nitrogens with zero attached hydrogens (tertiary/aromatic N) is 1. The van der Waals surface area contributed by atoms with Crippen LogP contribution in [0.4, 0.5) is 5.69 Å². The second kappa shape index (κ2) is 7.19. The second-order valence-corrected chi connectivity index (χ2v) is 6.38. The summed E-state index contributed by atoms with van der Waals surface area (Å²) in [6.07, 6.45) is 6.77. The summed E-state index contributed by atoms with van der Waals surface area (Å²) in [5, 5.41) is 0. The first-order valence-electron chi connectivity index (χ1n) is 7.62. The molecule has 19 heavy (non-hydrogen) atoms. The van der Waals surface area contributed by atoms with E-state index in [1.54, 1.807) is 0 Å². The largest absolute Gasteiger partial charge is 0.369 e. The number of halogens is 1. The Morgan fingerprint density at radius 1 is 1.16 bits per heavy atom. The Bertz CT molecular complexity index is 365. The van der Waals surface area contributed by atoms with Gasteiger partial charge in [-0.15, -0.1) is 11.6 Å². The standard InChI is InChI=1S/C17H26ClN/c1-14(2)11-12-19(16-5-3-4-6-16)17-9-7-15(13-18)8-10-17/h7-10,14,16H,3-6,11-13H2,1-2H3. The number of anilines is 1. The van der Waals surface area contributed by atoms with Gasteiger partial charge in [0, 0.05) is 24.2 Å². The molecule has 1 aromatic rings. The number of hydrogen-bond acceptors (Lipinski definition) is 1. The highest BCUT2D eigenvalue weighted by molar-refractivity contribution is 6.17. The molecule has 1 aliphatic carbocycles. The zero-order valence-electron chi connectivity index (χ0n) is 12.2. The number of hydrogen-bond donors (Lipinski definition) is 0. The van der Waals surface area contributed by atoms with Crippen molar-refractivity contribution in [2.45, 2.75) is 57.9 Å². The monoisotopic (exact) mass is 279 g/mol. The third-order valence-electron chi connectivity index (χ3n) is 4.14. The summed E-state index contributed by atoms with van der Waals surface area (Å²) < 4.78 is 0. The molecule has 0 saturated heterocycles. The van der Waals surface area contributed by atoms with Crippen molar-refractivity contribution >= 4 is 17.3 Å². The van der Waals surface area contributed by atoms with Crippen LogP contribution in [0.2, 0.25) is 0 Å². The second-order valence-electron chi connectivity index (χ2n) is 6.11. The molecule has 2 heteroatoms. The van der Waals surface area contributed by atoms with E-state index in [1.807, 2.05) is 0 Å². The molecule has 0 spiro atoms. The molecule has 0 N–H and O–H groups in total. The zero-order valence-corrected chi connectivity index (χ0v) is 13.0. The van der Waals surface area contributed by atoms with Gasteiger partial charge in [0.15, 0.2) is 0 Å². The quantitative estimate of drug-likeness (QED) is 0.645. The van der Waals surface area contributed by atoms with Crippen LogP contribution >= 0.6 is 11.6 Å². The average Bonchev–Trinajstić information content (AvgIpc) is 2.93. The molecule has 0 amide bonds. The van der Waals surface area contributed by atoms with Crippen molar-refractivity contribution in [3.8, 4) is 0 Å². The topological polar surface area (TPSA) is 3.24 Å². The Morgan fingerprint density at radius 3 is 2.32 bits per heavy atom. The lowest BCUT2D eigenvalue weighted by molar-refractivity contribution is 0.528. The van der Waals surface area contributed by atoms with Crippen LogP contribution in [0.5, 0.6) is 0 Å². The smallest absolute Gasteiger partial charge is 0.0474 e. The fraction of sp³-hybridized carbons (Fsp3) is 0.647. The van der Waals surface area contributed by atoms with Crippen molar-refractivity contribution in [1.29, 1.82) is 0 Å². The predicted octanol–water partition coefficient (Wildman–Crippen LogP) is 5.22. The van der Waals surface area contributed by atoms with Gasteiger partial charge in [0.2, 0.25) is 0 Å². The molecule has 2 rings (SSSR count). The molecular formula is C17H26ClN. The highest BCUT2D eigenvalue weighted by Gasteiger charge is 2.22. The molecule has 1 aromatic carbocycles. The van der Waals surface area contributed by atoms with Crippen LogP contribution in [0, 0.1) is 5.92 Å². The van der Waals surface area contributed by atoms with E-state index in [0.29, 0.717) is 5.88 Å². The highest BCUT2D eigenvalue weighted by atomic mass is 35.5. The predicted molar refractivity (Wildman–Crippen MR) is 85.1 cm³/mol. The normalized spacial score (nSPS) is 16.2. The molecule has 1 nitrogen and oxygen atoms in total. The van der Waals surface area contributed by atoms with E-state index < -0.39 is 0 Å². The Hall–Kier alpha value is -0.690. The first kappa shape index (κ1) is 14.7. The third-order valence-corrected chi connectivity index (χ3v) is 4.44. The molecule has 1 fully saturated rings. The molecule has 1 saturated carbocycles. The maximum Gasteiger partial charge on any atom is 0.0474 e. The first-order valence-corrected chi connectivity index (χ1v) is 8.15. The van der Waals surface area contributed by atoms with Crippen LogP contribution < -0.4 is 4.90 Å². The lowest BCUT2D eigenvalue weighted by Crippen LogP contribution is -2.34. The number of benzene rings is 1. The van der Waals surface area contributed by atoms with E-state index >= 15 is 0 Å². The van der Waals surface area contributed by atoms with Crippen molar-refractivity contribution in [2.75, 3.05) is 11.4 Å². The van der Waals surface area contributed by atoms with Crippen molar-refractivity contribution in [1.82, 2.24) is 0 Å². The summed E-state index contributed by atoms with van der Waals surface area (Å²) in [6, 6.07) is 9.58.